The van der Waals surface area contributed by atoms with Crippen LogP contribution in [0.25, 0.3) is 6.08 Å². The van der Waals surface area contributed by atoms with E-state index in [2.05, 4.69) is 63.2 Å². The Bertz CT molecular complexity index is 1180. The molecule has 4 heteroatoms. The normalized spacial score (nSPS) is 19.2. The van der Waals surface area contributed by atoms with E-state index < -0.39 is 0 Å². The molecule has 1 aliphatic heterocycles. The summed E-state index contributed by atoms with van der Waals surface area (Å²) in [6, 6.07) is 24.5. The van der Waals surface area contributed by atoms with Crippen molar-refractivity contribution in [2.45, 2.75) is 38.1 Å². The molecule has 1 amide bonds. The number of para-hydroxylation sites is 1. The molecule has 1 aliphatic rings. The van der Waals surface area contributed by atoms with Gasteiger partial charge in [-0.05, 0) is 61.2 Å². The first-order chi connectivity index (χ1) is 15.8. The molecule has 0 saturated heterocycles. The number of amides is 1. The SMILES string of the molecule is COc1ccc(C=CC(=O)N2c3ccccc3C(C)(c3ccccc3)CC2(C)C)cc1OC. The molecule has 4 nitrogen and oxygen atoms in total. The van der Waals surface area contributed by atoms with Crippen LogP contribution < -0.4 is 14.4 Å². The molecule has 33 heavy (non-hydrogen) atoms. The highest BCUT2D eigenvalue weighted by atomic mass is 16.5. The number of carbonyl (C=O) groups is 1. The van der Waals surface area contributed by atoms with E-state index in [0.717, 1.165) is 17.7 Å². The van der Waals surface area contributed by atoms with Gasteiger partial charge in [0, 0.05) is 22.7 Å². The molecule has 4 rings (SSSR count). The van der Waals surface area contributed by atoms with Gasteiger partial charge in [0.2, 0.25) is 0 Å². The molecule has 1 heterocycles. The second kappa shape index (κ2) is 8.78. The smallest absolute Gasteiger partial charge is 0.251 e. The molecule has 0 spiro atoms. The monoisotopic (exact) mass is 441 g/mol. The van der Waals surface area contributed by atoms with Gasteiger partial charge in [-0.25, -0.2) is 0 Å². The van der Waals surface area contributed by atoms with Gasteiger partial charge in [0.05, 0.1) is 14.2 Å². The Morgan fingerprint density at radius 2 is 1.55 bits per heavy atom. The van der Waals surface area contributed by atoms with Gasteiger partial charge in [0.25, 0.3) is 5.91 Å². The topological polar surface area (TPSA) is 38.8 Å². The maximum atomic E-state index is 13.6. The number of rotatable bonds is 5. The predicted molar refractivity (Wildman–Crippen MR) is 134 cm³/mol. The fourth-order valence-corrected chi connectivity index (χ4v) is 5.18. The van der Waals surface area contributed by atoms with Gasteiger partial charge < -0.3 is 14.4 Å². The first-order valence-electron chi connectivity index (χ1n) is 11.2. The number of anilines is 1. The highest BCUT2D eigenvalue weighted by Gasteiger charge is 2.47. The van der Waals surface area contributed by atoms with Crippen molar-refractivity contribution >= 4 is 17.7 Å². The Balaban J connectivity index is 1.72. The van der Waals surface area contributed by atoms with Crippen molar-refractivity contribution in [3.63, 3.8) is 0 Å². The molecule has 0 N–H and O–H groups in total. The highest BCUT2D eigenvalue weighted by molar-refractivity contribution is 6.06. The van der Waals surface area contributed by atoms with Crippen LogP contribution in [0.2, 0.25) is 0 Å². The molecule has 0 radical (unpaired) electrons. The summed E-state index contributed by atoms with van der Waals surface area (Å²) in [6.45, 7) is 6.57. The minimum Gasteiger partial charge on any atom is -0.493 e. The largest absolute Gasteiger partial charge is 0.493 e. The summed E-state index contributed by atoms with van der Waals surface area (Å²) in [5.74, 6) is 1.25. The summed E-state index contributed by atoms with van der Waals surface area (Å²) < 4.78 is 10.7. The lowest BCUT2D eigenvalue weighted by atomic mass is 9.65. The average molecular weight is 442 g/mol. The van der Waals surface area contributed by atoms with E-state index in [0.29, 0.717) is 11.5 Å². The molecular weight excluding hydrogens is 410 g/mol. The van der Waals surface area contributed by atoms with Crippen LogP contribution in [0.1, 0.15) is 43.9 Å². The zero-order chi connectivity index (χ0) is 23.6. The molecule has 3 aromatic rings. The van der Waals surface area contributed by atoms with Crippen molar-refractivity contribution in [3.05, 3.63) is 95.6 Å². The fourth-order valence-electron chi connectivity index (χ4n) is 5.18. The number of fused-ring (bicyclic) bond motifs is 1. The molecule has 0 aromatic heterocycles. The molecule has 3 aromatic carbocycles. The van der Waals surface area contributed by atoms with Crippen LogP contribution in [0.5, 0.6) is 11.5 Å². The minimum atomic E-state index is -0.377. The van der Waals surface area contributed by atoms with Crippen molar-refractivity contribution < 1.29 is 14.3 Å². The minimum absolute atomic E-state index is 0.0441. The van der Waals surface area contributed by atoms with E-state index in [4.69, 9.17) is 9.47 Å². The number of methoxy groups -OCH3 is 2. The number of nitrogens with zero attached hydrogens (tertiary/aromatic N) is 1. The van der Waals surface area contributed by atoms with Crippen LogP contribution in [0, 0.1) is 0 Å². The Labute approximate surface area is 196 Å². The lowest BCUT2D eigenvalue weighted by Gasteiger charge is -2.51. The third-order valence-electron chi connectivity index (χ3n) is 6.59. The van der Waals surface area contributed by atoms with Gasteiger partial charge in [-0.1, -0.05) is 61.5 Å². The predicted octanol–water partition coefficient (Wildman–Crippen LogP) is 6.24. The number of hydrogen-bond acceptors (Lipinski definition) is 3. The molecule has 0 fully saturated rings. The summed E-state index contributed by atoms with van der Waals surface area (Å²) in [5.41, 5.74) is 3.70. The summed E-state index contributed by atoms with van der Waals surface area (Å²) in [4.78, 5) is 15.5. The van der Waals surface area contributed by atoms with E-state index in [1.54, 1.807) is 20.3 Å². The van der Waals surface area contributed by atoms with Crippen LogP contribution in [-0.4, -0.2) is 25.7 Å². The standard InChI is InChI=1S/C29H31NO3/c1-28(2)20-29(3,22-11-7-6-8-12-22)23-13-9-10-14-24(23)30(28)27(31)18-16-21-15-17-25(32-4)26(19-21)33-5/h6-19H,20H2,1-5H3. The van der Waals surface area contributed by atoms with Crippen molar-refractivity contribution in [1.82, 2.24) is 0 Å². The molecule has 1 unspecified atom stereocenters. The summed E-state index contributed by atoms with van der Waals surface area (Å²) in [5, 5.41) is 0. The molecule has 0 saturated carbocycles. The number of carbonyl (C=O) groups excluding carboxylic acids is 1. The van der Waals surface area contributed by atoms with Crippen LogP contribution in [0.3, 0.4) is 0 Å². The van der Waals surface area contributed by atoms with Crippen molar-refractivity contribution in [1.29, 1.82) is 0 Å². The molecular formula is C29H31NO3. The maximum Gasteiger partial charge on any atom is 0.251 e. The van der Waals surface area contributed by atoms with E-state index in [9.17, 15) is 4.79 Å². The van der Waals surface area contributed by atoms with Gasteiger partial charge in [-0.15, -0.1) is 0 Å². The Morgan fingerprint density at radius 1 is 0.879 bits per heavy atom. The fraction of sp³-hybridized carbons (Fsp3) is 0.276. The van der Waals surface area contributed by atoms with Crippen molar-refractivity contribution in [2.75, 3.05) is 19.1 Å². The third kappa shape index (κ3) is 4.13. The summed E-state index contributed by atoms with van der Waals surface area (Å²) in [7, 11) is 3.21. The first kappa shape index (κ1) is 22.7. The molecule has 0 bridgehead atoms. The zero-order valence-corrected chi connectivity index (χ0v) is 20.0. The van der Waals surface area contributed by atoms with Crippen molar-refractivity contribution in [2.24, 2.45) is 0 Å². The second-order valence-corrected chi connectivity index (χ2v) is 9.33. The van der Waals surface area contributed by atoms with Crippen LogP contribution in [0.15, 0.2) is 78.9 Å². The average Bonchev–Trinajstić information content (AvgIpc) is 2.82. The molecule has 0 aliphatic carbocycles. The lowest BCUT2D eigenvalue weighted by molar-refractivity contribution is -0.115. The summed E-state index contributed by atoms with van der Waals surface area (Å²) >= 11 is 0. The molecule has 170 valence electrons. The highest BCUT2D eigenvalue weighted by Crippen LogP contribution is 2.50. The maximum absolute atomic E-state index is 13.6. The van der Waals surface area contributed by atoms with Gasteiger partial charge in [-0.2, -0.15) is 0 Å². The number of hydrogen-bond donors (Lipinski definition) is 0. The van der Waals surface area contributed by atoms with E-state index >= 15 is 0 Å². The van der Waals surface area contributed by atoms with Gasteiger partial charge in [-0.3, -0.25) is 4.79 Å². The third-order valence-corrected chi connectivity index (χ3v) is 6.59. The van der Waals surface area contributed by atoms with Crippen LogP contribution in [-0.2, 0) is 10.2 Å². The zero-order valence-electron chi connectivity index (χ0n) is 20.0. The Kier molecular flexibility index (Phi) is 6.03. The second-order valence-electron chi connectivity index (χ2n) is 9.33. The van der Waals surface area contributed by atoms with E-state index in [1.807, 2.05) is 41.3 Å². The van der Waals surface area contributed by atoms with Crippen LogP contribution >= 0.6 is 0 Å². The van der Waals surface area contributed by atoms with Crippen molar-refractivity contribution in [3.8, 4) is 11.5 Å². The number of benzene rings is 3. The number of ether oxygens (including phenoxy) is 2. The van der Waals surface area contributed by atoms with Gasteiger partial charge in [0.15, 0.2) is 11.5 Å². The van der Waals surface area contributed by atoms with E-state index in [-0.39, 0.29) is 16.9 Å². The quantitative estimate of drug-likeness (QED) is 0.440. The first-order valence-corrected chi connectivity index (χ1v) is 11.2. The van der Waals surface area contributed by atoms with E-state index in [1.165, 1.54) is 11.1 Å². The summed E-state index contributed by atoms with van der Waals surface area (Å²) in [6.07, 6.45) is 4.29. The van der Waals surface area contributed by atoms with Gasteiger partial charge in [0.1, 0.15) is 0 Å². The van der Waals surface area contributed by atoms with Crippen LogP contribution in [0.4, 0.5) is 5.69 Å². The van der Waals surface area contributed by atoms with Gasteiger partial charge >= 0.3 is 0 Å². The lowest BCUT2D eigenvalue weighted by Crippen LogP contribution is -2.55. The molecule has 1 atom stereocenters. The Morgan fingerprint density at radius 3 is 2.24 bits per heavy atom. The Hall–Kier alpha value is -3.53.